The second-order valence-electron chi connectivity index (χ2n) is 7.09. The van der Waals surface area contributed by atoms with Crippen LogP contribution >= 0.6 is 0 Å². The second-order valence-corrected chi connectivity index (χ2v) is 7.09. The van der Waals surface area contributed by atoms with Gasteiger partial charge in [0.2, 0.25) is 0 Å². The average molecular weight is 378 g/mol. The fraction of sp³-hybridized carbons (Fsp3) is 0.300. The maximum atomic E-state index is 12.6. The zero-order valence-corrected chi connectivity index (χ0v) is 16.5. The molecule has 0 spiro atoms. The zero-order valence-electron chi connectivity index (χ0n) is 16.5. The van der Waals surface area contributed by atoms with Gasteiger partial charge in [-0.3, -0.25) is 9.36 Å². The molecule has 0 atom stereocenters. The topological polar surface area (TPSA) is 79.8 Å². The van der Waals surface area contributed by atoms with Gasteiger partial charge in [-0.2, -0.15) is 10.1 Å². The van der Waals surface area contributed by atoms with Crippen LogP contribution in [0.15, 0.2) is 41.5 Å². The summed E-state index contributed by atoms with van der Waals surface area (Å²) in [5, 5.41) is 4.75. The SMILES string of the molecule is Cc1nc(-c2ccc(Oc3nc4c(cnn4C(C)C)c(=O)n3C)cc2)cn1C. The molecule has 3 aromatic heterocycles. The van der Waals surface area contributed by atoms with Crippen molar-refractivity contribution < 1.29 is 4.74 Å². The van der Waals surface area contributed by atoms with Crippen LogP contribution in [-0.2, 0) is 14.1 Å². The molecule has 0 fully saturated rings. The van der Waals surface area contributed by atoms with Crippen molar-refractivity contribution in [2.24, 2.45) is 14.1 Å². The summed E-state index contributed by atoms with van der Waals surface area (Å²) in [5.41, 5.74) is 2.23. The van der Waals surface area contributed by atoms with E-state index < -0.39 is 0 Å². The van der Waals surface area contributed by atoms with E-state index in [0.29, 0.717) is 16.8 Å². The Bertz CT molecular complexity index is 1190. The van der Waals surface area contributed by atoms with Crippen molar-refractivity contribution in [3.05, 3.63) is 52.8 Å². The van der Waals surface area contributed by atoms with Crippen LogP contribution in [0, 0.1) is 6.92 Å². The number of aryl methyl sites for hydroxylation is 2. The molecular formula is C20H22N6O2. The molecule has 0 radical (unpaired) electrons. The predicted molar refractivity (Wildman–Crippen MR) is 107 cm³/mol. The van der Waals surface area contributed by atoms with Crippen molar-refractivity contribution in [3.63, 3.8) is 0 Å². The molecule has 0 unspecified atom stereocenters. The van der Waals surface area contributed by atoms with Crippen LogP contribution in [0.1, 0.15) is 25.7 Å². The molecular weight excluding hydrogens is 356 g/mol. The lowest BCUT2D eigenvalue weighted by Gasteiger charge is -2.11. The molecule has 0 bridgehead atoms. The smallest absolute Gasteiger partial charge is 0.306 e. The number of rotatable bonds is 4. The Morgan fingerprint density at radius 1 is 1.07 bits per heavy atom. The quantitative estimate of drug-likeness (QED) is 0.545. The Morgan fingerprint density at radius 3 is 2.39 bits per heavy atom. The lowest BCUT2D eigenvalue weighted by Crippen LogP contribution is -2.20. The van der Waals surface area contributed by atoms with E-state index in [1.165, 1.54) is 4.57 Å². The Hall–Kier alpha value is -3.42. The first-order valence-electron chi connectivity index (χ1n) is 9.07. The normalized spacial score (nSPS) is 11.5. The minimum Gasteiger partial charge on any atom is -0.425 e. The average Bonchev–Trinajstić information content (AvgIpc) is 3.24. The van der Waals surface area contributed by atoms with Crippen molar-refractivity contribution >= 4 is 11.0 Å². The summed E-state index contributed by atoms with van der Waals surface area (Å²) in [7, 11) is 3.61. The molecule has 4 rings (SSSR count). The van der Waals surface area contributed by atoms with E-state index in [0.717, 1.165) is 17.1 Å². The maximum Gasteiger partial charge on any atom is 0.306 e. The van der Waals surface area contributed by atoms with Gasteiger partial charge in [0.15, 0.2) is 5.65 Å². The lowest BCUT2D eigenvalue weighted by molar-refractivity contribution is 0.413. The van der Waals surface area contributed by atoms with E-state index >= 15 is 0 Å². The monoisotopic (exact) mass is 378 g/mol. The molecule has 3 heterocycles. The molecule has 0 saturated carbocycles. The van der Waals surface area contributed by atoms with Gasteiger partial charge in [0, 0.05) is 31.9 Å². The first kappa shape index (κ1) is 18.0. The number of hydrogen-bond donors (Lipinski definition) is 0. The van der Waals surface area contributed by atoms with Gasteiger partial charge >= 0.3 is 6.01 Å². The highest BCUT2D eigenvalue weighted by molar-refractivity contribution is 5.73. The minimum atomic E-state index is -0.188. The van der Waals surface area contributed by atoms with Crippen LogP contribution < -0.4 is 10.3 Å². The number of hydrogen-bond acceptors (Lipinski definition) is 5. The van der Waals surface area contributed by atoms with E-state index in [1.807, 2.05) is 62.8 Å². The first-order valence-corrected chi connectivity index (χ1v) is 9.07. The summed E-state index contributed by atoms with van der Waals surface area (Å²) < 4.78 is 11.0. The van der Waals surface area contributed by atoms with E-state index in [4.69, 9.17) is 4.74 Å². The van der Waals surface area contributed by atoms with Crippen molar-refractivity contribution in [2.75, 3.05) is 0 Å². The summed E-state index contributed by atoms with van der Waals surface area (Å²) in [6, 6.07) is 7.87. The van der Waals surface area contributed by atoms with Crippen LogP contribution in [0.25, 0.3) is 22.3 Å². The number of fused-ring (bicyclic) bond motifs is 1. The zero-order chi connectivity index (χ0) is 20.0. The van der Waals surface area contributed by atoms with Crippen molar-refractivity contribution in [2.45, 2.75) is 26.8 Å². The van der Waals surface area contributed by atoms with Gasteiger partial charge in [-0.05, 0) is 45.0 Å². The Morgan fingerprint density at radius 2 is 1.79 bits per heavy atom. The van der Waals surface area contributed by atoms with Crippen molar-refractivity contribution in [1.29, 1.82) is 0 Å². The molecule has 0 aliphatic rings. The highest BCUT2D eigenvalue weighted by atomic mass is 16.5. The van der Waals surface area contributed by atoms with Gasteiger partial charge < -0.3 is 9.30 Å². The van der Waals surface area contributed by atoms with Crippen molar-refractivity contribution in [1.82, 2.24) is 28.9 Å². The summed E-state index contributed by atoms with van der Waals surface area (Å²) in [6.45, 7) is 5.94. The van der Waals surface area contributed by atoms with Gasteiger partial charge in [-0.15, -0.1) is 0 Å². The van der Waals surface area contributed by atoms with Gasteiger partial charge in [0.25, 0.3) is 5.56 Å². The summed E-state index contributed by atoms with van der Waals surface area (Å²) >= 11 is 0. The lowest BCUT2D eigenvalue weighted by atomic mass is 10.2. The first-order chi connectivity index (χ1) is 13.3. The van der Waals surface area contributed by atoms with E-state index in [-0.39, 0.29) is 17.6 Å². The van der Waals surface area contributed by atoms with Gasteiger partial charge in [-0.1, -0.05) is 0 Å². The van der Waals surface area contributed by atoms with Crippen LogP contribution in [0.3, 0.4) is 0 Å². The van der Waals surface area contributed by atoms with Crippen LogP contribution in [0.5, 0.6) is 11.8 Å². The molecule has 1 aromatic carbocycles. The highest BCUT2D eigenvalue weighted by Gasteiger charge is 2.16. The predicted octanol–water partition coefficient (Wildman–Crippen LogP) is 3.21. The summed E-state index contributed by atoms with van der Waals surface area (Å²) in [6.07, 6.45) is 3.54. The molecule has 8 heteroatoms. The fourth-order valence-electron chi connectivity index (χ4n) is 3.02. The van der Waals surface area contributed by atoms with E-state index in [9.17, 15) is 4.79 Å². The Balaban J connectivity index is 1.69. The van der Waals surface area contributed by atoms with E-state index in [1.54, 1.807) is 17.9 Å². The third-order valence-electron chi connectivity index (χ3n) is 4.75. The minimum absolute atomic E-state index is 0.0890. The summed E-state index contributed by atoms with van der Waals surface area (Å²) in [5.74, 6) is 1.54. The number of imidazole rings is 1. The highest BCUT2D eigenvalue weighted by Crippen LogP contribution is 2.25. The van der Waals surface area contributed by atoms with Crippen molar-refractivity contribution in [3.8, 4) is 23.0 Å². The van der Waals surface area contributed by atoms with Gasteiger partial charge in [-0.25, -0.2) is 9.67 Å². The summed E-state index contributed by atoms with van der Waals surface area (Å²) in [4.78, 5) is 21.7. The molecule has 4 aromatic rings. The standard InChI is InChI=1S/C20H22N6O2/c1-12(2)26-18-16(10-21-26)19(27)25(5)20(23-18)28-15-8-6-14(7-9-15)17-11-24(4)13(3)22-17/h6-12H,1-5H3. The molecule has 28 heavy (non-hydrogen) atoms. The molecule has 0 amide bonds. The third kappa shape index (κ3) is 2.96. The molecule has 0 N–H and O–H groups in total. The van der Waals surface area contributed by atoms with Crippen LogP contribution in [0.4, 0.5) is 0 Å². The number of nitrogens with zero attached hydrogens (tertiary/aromatic N) is 6. The number of ether oxygens (including phenoxy) is 1. The van der Waals surface area contributed by atoms with Gasteiger partial charge in [0.1, 0.15) is 17.0 Å². The molecule has 0 aliphatic carbocycles. The van der Waals surface area contributed by atoms with E-state index in [2.05, 4.69) is 15.1 Å². The van der Waals surface area contributed by atoms with Crippen LogP contribution in [0.2, 0.25) is 0 Å². The van der Waals surface area contributed by atoms with Crippen LogP contribution in [-0.4, -0.2) is 28.9 Å². The molecule has 0 saturated heterocycles. The second kappa shape index (κ2) is 6.63. The third-order valence-corrected chi connectivity index (χ3v) is 4.75. The fourth-order valence-corrected chi connectivity index (χ4v) is 3.02. The number of benzene rings is 1. The molecule has 0 aliphatic heterocycles. The molecule has 144 valence electrons. The Labute approximate surface area is 162 Å². The largest absolute Gasteiger partial charge is 0.425 e. The van der Waals surface area contributed by atoms with Gasteiger partial charge in [0.05, 0.1) is 11.9 Å². The number of aromatic nitrogens is 6. The molecule has 8 nitrogen and oxygen atoms in total. The Kier molecular flexibility index (Phi) is 4.26. The maximum absolute atomic E-state index is 12.6.